The topological polar surface area (TPSA) is 110 Å². The molecule has 10 heteroatoms. The van der Waals surface area contributed by atoms with Crippen LogP contribution in [0.4, 0.5) is 10.6 Å². The number of hydrogen-bond donors (Lipinski definition) is 1. The number of aliphatic hydroxyl groups is 1. The maximum absolute atomic E-state index is 12.3. The Morgan fingerprint density at radius 3 is 2.42 bits per heavy atom. The zero-order valence-corrected chi connectivity index (χ0v) is 19.4. The molecule has 1 fully saturated rings. The van der Waals surface area contributed by atoms with E-state index in [-0.39, 0.29) is 28.4 Å². The van der Waals surface area contributed by atoms with Crippen molar-refractivity contribution in [3.8, 4) is 0 Å². The molecule has 1 aromatic carbocycles. The first-order chi connectivity index (χ1) is 14.5. The molecule has 0 aliphatic carbocycles. The first kappa shape index (κ1) is 23.4. The van der Waals surface area contributed by atoms with Crippen LogP contribution in [0.25, 0.3) is 0 Å². The summed E-state index contributed by atoms with van der Waals surface area (Å²) in [7, 11) is -3.33. The van der Waals surface area contributed by atoms with Gasteiger partial charge in [-0.05, 0) is 44.4 Å². The average molecular weight is 468 g/mol. The Labute approximate surface area is 187 Å². The number of nitrogens with zero attached hydrogens (tertiary/aromatic N) is 3. The van der Waals surface area contributed by atoms with Gasteiger partial charge in [-0.15, -0.1) is 0 Å². The highest BCUT2D eigenvalue weighted by Gasteiger charge is 2.38. The van der Waals surface area contributed by atoms with Gasteiger partial charge in [-0.2, -0.15) is 0 Å². The summed E-state index contributed by atoms with van der Waals surface area (Å²) < 4.78 is 29.7. The van der Waals surface area contributed by atoms with Crippen molar-refractivity contribution in [3.05, 3.63) is 46.9 Å². The molecule has 2 aromatic rings. The van der Waals surface area contributed by atoms with Crippen molar-refractivity contribution in [2.24, 2.45) is 0 Å². The van der Waals surface area contributed by atoms with E-state index >= 15 is 0 Å². The SMILES string of the molecule is CC(C)S(=O)(=O)c1ccc([C@H](C)Cc2nc(Cl)cc(N3C(=O)OC[C@@H]3[C@@H](C)O)n2)cc1. The van der Waals surface area contributed by atoms with Gasteiger partial charge in [0.05, 0.1) is 16.2 Å². The van der Waals surface area contributed by atoms with Crippen molar-refractivity contribution in [1.29, 1.82) is 0 Å². The number of carbonyl (C=O) groups excluding carboxylic acids is 1. The predicted octanol–water partition coefficient (Wildman–Crippen LogP) is 3.36. The number of halogens is 1. The molecule has 1 aliphatic heterocycles. The third-order valence-electron chi connectivity index (χ3n) is 5.32. The first-order valence-electron chi connectivity index (χ1n) is 10.0. The van der Waals surface area contributed by atoms with E-state index in [1.54, 1.807) is 45.0 Å². The number of rotatable bonds is 7. The van der Waals surface area contributed by atoms with E-state index in [0.717, 1.165) is 5.56 Å². The fourth-order valence-electron chi connectivity index (χ4n) is 3.37. The van der Waals surface area contributed by atoms with Gasteiger partial charge in [0.25, 0.3) is 0 Å². The molecule has 1 N–H and O–H groups in total. The Balaban J connectivity index is 1.82. The Hall–Kier alpha value is -2.23. The quantitative estimate of drug-likeness (QED) is 0.621. The van der Waals surface area contributed by atoms with E-state index in [2.05, 4.69) is 9.97 Å². The normalized spacial score (nSPS) is 18.9. The van der Waals surface area contributed by atoms with Gasteiger partial charge in [-0.25, -0.2) is 23.2 Å². The minimum Gasteiger partial charge on any atom is -0.447 e. The van der Waals surface area contributed by atoms with Gasteiger partial charge in [-0.1, -0.05) is 30.7 Å². The summed E-state index contributed by atoms with van der Waals surface area (Å²) in [5.41, 5.74) is 0.926. The number of anilines is 1. The van der Waals surface area contributed by atoms with Crippen molar-refractivity contribution in [2.75, 3.05) is 11.5 Å². The summed E-state index contributed by atoms with van der Waals surface area (Å²) in [5, 5.41) is 9.64. The summed E-state index contributed by atoms with van der Waals surface area (Å²) in [6.45, 7) is 6.92. The van der Waals surface area contributed by atoms with Crippen molar-refractivity contribution < 1.29 is 23.1 Å². The van der Waals surface area contributed by atoms with Gasteiger partial charge in [-0.3, -0.25) is 4.90 Å². The zero-order valence-electron chi connectivity index (χ0n) is 17.8. The summed E-state index contributed by atoms with van der Waals surface area (Å²) in [6, 6.07) is 7.69. The number of ether oxygens (including phenoxy) is 1. The van der Waals surface area contributed by atoms with Crippen molar-refractivity contribution in [1.82, 2.24) is 9.97 Å². The Morgan fingerprint density at radius 1 is 1.19 bits per heavy atom. The molecule has 0 spiro atoms. The standard InChI is InChI=1S/C21H26ClN3O5S/c1-12(2)31(28,29)16-7-5-15(6-8-16)13(3)9-19-23-18(22)10-20(24-19)25-17(14(4)26)11-30-21(25)27/h5-8,10,12-14,17,26H,9,11H2,1-4H3/t13-,14-,17-/m1/s1. The molecule has 1 aliphatic rings. The molecule has 0 saturated carbocycles. The van der Waals surface area contributed by atoms with Gasteiger partial charge in [0, 0.05) is 12.5 Å². The van der Waals surface area contributed by atoms with Gasteiger partial charge in [0.1, 0.15) is 29.4 Å². The van der Waals surface area contributed by atoms with E-state index in [9.17, 15) is 18.3 Å². The van der Waals surface area contributed by atoms with Crippen LogP contribution in [0, 0.1) is 0 Å². The maximum Gasteiger partial charge on any atom is 0.416 e. The number of aromatic nitrogens is 2. The van der Waals surface area contributed by atoms with Crippen LogP contribution >= 0.6 is 11.6 Å². The molecule has 1 saturated heterocycles. The second-order valence-electron chi connectivity index (χ2n) is 7.99. The molecule has 8 nitrogen and oxygen atoms in total. The molecule has 3 rings (SSSR count). The lowest BCUT2D eigenvalue weighted by molar-refractivity contribution is 0.142. The summed E-state index contributed by atoms with van der Waals surface area (Å²) in [4.78, 5) is 22.5. The smallest absolute Gasteiger partial charge is 0.416 e. The molecule has 0 unspecified atom stereocenters. The Kier molecular flexibility index (Phi) is 6.88. The van der Waals surface area contributed by atoms with Crippen LogP contribution < -0.4 is 4.90 Å². The summed E-state index contributed by atoms with van der Waals surface area (Å²) in [6.07, 6.45) is -0.976. The second-order valence-corrected chi connectivity index (χ2v) is 10.9. The summed E-state index contributed by atoms with van der Waals surface area (Å²) >= 11 is 6.17. The van der Waals surface area contributed by atoms with E-state index in [4.69, 9.17) is 16.3 Å². The van der Waals surface area contributed by atoms with Crippen LogP contribution in [0.5, 0.6) is 0 Å². The van der Waals surface area contributed by atoms with Gasteiger partial charge < -0.3 is 9.84 Å². The van der Waals surface area contributed by atoms with Crippen LogP contribution in [-0.4, -0.2) is 53.6 Å². The third-order valence-corrected chi connectivity index (χ3v) is 7.69. The molecule has 2 heterocycles. The average Bonchev–Trinajstić information content (AvgIpc) is 3.09. The van der Waals surface area contributed by atoms with Crippen molar-refractivity contribution >= 4 is 33.3 Å². The molecule has 0 radical (unpaired) electrons. The Bertz CT molecular complexity index is 1060. The van der Waals surface area contributed by atoms with E-state index < -0.39 is 33.3 Å². The van der Waals surface area contributed by atoms with Crippen molar-refractivity contribution in [2.45, 2.75) is 62.3 Å². The lowest BCUT2D eigenvalue weighted by Crippen LogP contribution is -2.41. The molecule has 0 bridgehead atoms. The van der Waals surface area contributed by atoms with Gasteiger partial charge in [0.15, 0.2) is 9.84 Å². The number of amides is 1. The van der Waals surface area contributed by atoms with Gasteiger partial charge in [0.2, 0.25) is 0 Å². The minimum atomic E-state index is -3.33. The van der Waals surface area contributed by atoms with Crippen LogP contribution in [-0.2, 0) is 21.0 Å². The molecule has 3 atom stereocenters. The van der Waals surface area contributed by atoms with Crippen LogP contribution in [0.2, 0.25) is 5.15 Å². The number of carbonyl (C=O) groups is 1. The molecule has 31 heavy (non-hydrogen) atoms. The lowest BCUT2D eigenvalue weighted by atomic mass is 9.97. The van der Waals surface area contributed by atoms with E-state index in [0.29, 0.717) is 12.2 Å². The fraction of sp³-hybridized carbons (Fsp3) is 0.476. The highest BCUT2D eigenvalue weighted by atomic mass is 35.5. The van der Waals surface area contributed by atoms with Gasteiger partial charge >= 0.3 is 6.09 Å². The molecule has 168 valence electrons. The molecule has 1 aromatic heterocycles. The molecular weight excluding hydrogens is 442 g/mol. The van der Waals surface area contributed by atoms with Crippen LogP contribution in [0.1, 0.15) is 45.0 Å². The summed E-state index contributed by atoms with van der Waals surface area (Å²) in [5.74, 6) is 0.673. The second kappa shape index (κ2) is 9.10. The monoisotopic (exact) mass is 467 g/mol. The lowest BCUT2D eigenvalue weighted by Gasteiger charge is -2.23. The highest BCUT2D eigenvalue weighted by Crippen LogP contribution is 2.27. The number of hydrogen-bond acceptors (Lipinski definition) is 7. The fourth-order valence-corrected chi connectivity index (χ4v) is 4.63. The predicted molar refractivity (Wildman–Crippen MR) is 117 cm³/mol. The third kappa shape index (κ3) is 4.99. The first-order valence-corrected chi connectivity index (χ1v) is 11.9. The van der Waals surface area contributed by atoms with E-state index in [1.807, 2.05) is 6.92 Å². The van der Waals surface area contributed by atoms with Crippen molar-refractivity contribution in [3.63, 3.8) is 0 Å². The largest absolute Gasteiger partial charge is 0.447 e. The number of cyclic esters (lactones) is 1. The van der Waals surface area contributed by atoms with E-state index in [1.165, 1.54) is 11.0 Å². The maximum atomic E-state index is 12.3. The number of aliphatic hydroxyl groups excluding tert-OH is 1. The van der Waals surface area contributed by atoms with Crippen LogP contribution in [0.3, 0.4) is 0 Å². The number of sulfone groups is 1. The highest BCUT2D eigenvalue weighted by molar-refractivity contribution is 7.92. The Morgan fingerprint density at radius 2 is 1.84 bits per heavy atom. The molecule has 1 amide bonds. The number of benzene rings is 1. The van der Waals surface area contributed by atoms with Crippen LogP contribution in [0.15, 0.2) is 35.2 Å². The zero-order chi connectivity index (χ0) is 22.9. The minimum absolute atomic E-state index is 0.0276. The molecular formula is C21H26ClN3O5S.